The third kappa shape index (κ3) is 3.72. The van der Waals surface area contributed by atoms with Gasteiger partial charge in [-0.2, -0.15) is 0 Å². The molecule has 3 aromatic rings. The Kier molecular flexibility index (Phi) is 5.68. The van der Waals surface area contributed by atoms with Crippen LogP contribution in [0.3, 0.4) is 0 Å². The summed E-state index contributed by atoms with van der Waals surface area (Å²) in [5.74, 6) is -0.290. The number of rotatable bonds is 6. The van der Waals surface area contributed by atoms with E-state index < -0.39 is 15.7 Å². The van der Waals surface area contributed by atoms with E-state index in [1.807, 2.05) is 30.3 Å². The van der Waals surface area contributed by atoms with Crippen molar-refractivity contribution >= 4 is 32.8 Å². The maximum atomic E-state index is 13.1. The number of benzene rings is 2. The number of ether oxygens (including phenoxy) is 1. The molecule has 0 saturated heterocycles. The van der Waals surface area contributed by atoms with Crippen molar-refractivity contribution in [2.75, 3.05) is 12.8 Å². The zero-order valence-electron chi connectivity index (χ0n) is 14.9. The van der Waals surface area contributed by atoms with Crippen LogP contribution < -0.4 is 16.0 Å². The van der Waals surface area contributed by atoms with E-state index in [1.165, 1.54) is 31.4 Å². The van der Waals surface area contributed by atoms with E-state index in [2.05, 4.69) is 0 Å². The van der Waals surface area contributed by atoms with Gasteiger partial charge in [-0.05, 0) is 29.8 Å². The summed E-state index contributed by atoms with van der Waals surface area (Å²) in [6.07, 6.45) is 0.254. The van der Waals surface area contributed by atoms with Gasteiger partial charge in [-0.1, -0.05) is 30.3 Å². The minimum atomic E-state index is -3.95. The van der Waals surface area contributed by atoms with E-state index in [9.17, 15) is 13.2 Å². The zero-order chi connectivity index (χ0) is 20.3. The number of nitrogens with two attached hydrogens (primary N) is 1. The molecular formula is C19H18N2O5S2. The molecule has 28 heavy (non-hydrogen) atoms. The highest BCUT2D eigenvalue weighted by Crippen LogP contribution is 2.39. The van der Waals surface area contributed by atoms with Crippen molar-refractivity contribution in [2.45, 2.75) is 15.5 Å². The summed E-state index contributed by atoms with van der Waals surface area (Å²) in [4.78, 5) is 12.2. The summed E-state index contributed by atoms with van der Waals surface area (Å²) in [7, 11) is -2.47. The predicted octanol–water partition coefficient (Wildman–Crippen LogP) is 2.88. The van der Waals surface area contributed by atoms with Gasteiger partial charge in [0, 0.05) is 12.0 Å². The average Bonchev–Trinajstić information content (AvgIpc) is 3.05. The van der Waals surface area contributed by atoms with Crippen LogP contribution in [0.15, 0.2) is 63.7 Å². The summed E-state index contributed by atoms with van der Waals surface area (Å²) >= 11 is 0.734. The Balaban J connectivity index is 2.11. The van der Waals surface area contributed by atoms with E-state index >= 15 is 0 Å². The molecule has 1 aromatic heterocycles. The van der Waals surface area contributed by atoms with Crippen LogP contribution in [0.4, 0.5) is 5.69 Å². The molecule has 2 aromatic carbocycles. The van der Waals surface area contributed by atoms with Crippen molar-refractivity contribution in [1.82, 2.24) is 5.48 Å². The molecule has 0 spiro atoms. The number of nitrogens with one attached hydrogen (secondary N) is 1. The lowest BCUT2D eigenvalue weighted by molar-refractivity contribution is 0.0710. The molecule has 4 N–H and O–H groups in total. The highest BCUT2D eigenvalue weighted by atomic mass is 32.2. The third-order valence-electron chi connectivity index (χ3n) is 4.16. The molecule has 0 unspecified atom stereocenters. The Labute approximate surface area is 166 Å². The van der Waals surface area contributed by atoms with Crippen LogP contribution in [0.5, 0.6) is 5.75 Å². The Morgan fingerprint density at radius 2 is 1.79 bits per heavy atom. The predicted molar refractivity (Wildman–Crippen MR) is 106 cm³/mol. The van der Waals surface area contributed by atoms with Gasteiger partial charge in [0.05, 0.1) is 17.7 Å². The molecule has 1 heterocycles. The van der Waals surface area contributed by atoms with Crippen molar-refractivity contribution in [3.63, 3.8) is 0 Å². The van der Waals surface area contributed by atoms with Crippen molar-refractivity contribution in [3.05, 3.63) is 70.6 Å². The van der Waals surface area contributed by atoms with Gasteiger partial charge >= 0.3 is 0 Å². The number of anilines is 1. The molecule has 0 fully saturated rings. The third-order valence-corrected chi connectivity index (χ3v) is 7.71. The number of hydroxylamine groups is 1. The monoisotopic (exact) mass is 418 g/mol. The number of sulfone groups is 1. The van der Waals surface area contributed by atoms with Gasteiger partial charge in [-0.3, -0.25) is 10.0 Å². The zero-order valence-corrected chi connectivity index (χ0v) is 16.5. The Bertz CT molecular complexity index is 1090. The average molecular weight is 418 g/mol. The number of methoxy groups -OCH3 is 1. The molecule has 0 aliphatic heterocycles. The molecule has 0 bridgehead atoms. The van der Waals surface area contributed by atoms with Gasteiger partial charge in [-0.25, -0.2) is 13.9 Å². The number of thiophene rings is 1. The Morgan fingerprint density at radius 3 is 2.36 bits per heavy atom. The Hall–Kier alpha value is -2.88. The maximum Gasteiger partial charge on any atom is 0.285 e. The van der Waals surface area contributed by atoms with Crippen molar-refractivity contribution in [2.24, 2.45) is 0 Å². The van der Waals surface area contributed by atoms with Crippen molar-refractivity contribution in [3.8, 4) is 5.75 Å². The lowest BCUT2D eigenvalue weighted by Gasteiger charge is -2.06. The second-order valence-corrected chi connectivity index (χ2v) is 9.06. The van der Waals surface area contributed by atoms with E-state index in [0.29, 0.717) is 11.3 Å². The first-order chi connectivity index (χ1) is 13.4. The van der Waals surface area contributed by atoms with E-state index in [-0.39, 0.29) is 26.1 Å². The number of amides is 1. The van der Waals surface area contributed by atoms with Gasteiger partial charge in [0.25, 0.3) is 5.91 Å². The number of carbonyl (C=O) groups is 1. The summed E-state index contributed by atoms with van der Waals surface area (Å²) in [6, 6.07) is 15.1. The fourth-order valence-corrected chi connectivity index (χ4v) is 5.69. The van der Waals surface area contributed by atoms with Crippen LogP contribution in [0.25, 0.3) is 0 Å². The van der Waals surface area contributed by atoms with Gasteiger partial charge in [0.1, 0.15) is 14.8 Å². The van der Waals surface area contributed by atoms with E-state index in [1.54, 1.807) is 5.48 Å². The van der Waals surface area contributed by atoms with Crippen molar-refractivity contribution in [1.29, 1.82) is 0 Å². The molecular weight excluding hydrogens is 400 g/mol. The van der Waals surface area contributed by atoms with Crippen molar-refractivity contribution < 1.29 is 23.2 Å². The molecule has 0 saturated carbocycles. The van der Waals surface area contributed by atoms with E-state index in [4.69, 9.17) is 15.7 Å². The van der Waals surface area contributed by atoms with Gasteiger partial charge in [0.2, 0.25) is 9.84 Å². The minimum Gasteiger partial charge on any atom is -0.497 e. The quantitative estimate of drug-likeness (QED) is 0.418. The van der Waals surface area contributed by atoms with Gasteiger partial charge in [0.15, 0.2) is 0 Å². The highest BCUT2D eigenvalue weighted by molar-refractivity contribution is 7.93. The van der Waals surface area contributed by atoms with Crippen LogP contribution in [0, 0.1) is 0 Å². The van der Waals surface area contributed by atoms with Crippen LogP contribution in [0.2, 0.25) is 0 Å². The first-order valence-electron chi connectivity index (χ1n) is 8.17. The molecule has 0 radical (unpaired) electrons. The summed E-state index contributed by atoms with van der Waals surface area (Å²) in [5, 5.41) is 9.06. The molecule has 3 rings (SSSR count). The number of hydrogen-bond donors (Lipinski definition) is 3. The smallest absolute Gasteiger partial charge is 0.285 e. The number of hydrogen-bond acceptors (Lipinski definition) is 7. The normalized spacial score (nSPS) is 11.2. The second-order valence-electron chi connectivity index (χ2n) is 5.89. The van der Waals surface area contributed by atoms with Gasteiger partial charge < -0.3 is 10.5 Å². The minimum absolute atomic E-state index is 0.00303. The second kappa shape index (κ2) is 8.01. The van der Waals surface area contributed by atoms with Crippen LogP contribution in [0.1, 0.15) is 20.8 Å². The van der Waals surface area contributed by atoms with Crippen LogP contribution >= 0.6 is 11.3 Å². The first kappa shape index (κ1) is 19.9. The maximum absolute atomic E-state index is 13.1. The fraction of sp³-hybridized carbons (Fsp3) is 0.105. The first-order valence-corrected chi connectivity index (χ1v) is 10.5. The molecule has 0 aliphatic carbocycles. The number of nitrogen functional groups attached to an aromatic ring is 1. The SMILES string of the molecule is COc1ccc(S(=O)(=O)c2sc(C(=O)NO)c(Cc3ccccc3)c2N)cc1. The molecule has 7 nitrogen and oxygen atoms in total. The Morgan fingerprint density at radius 1 is 1.14 bits per heavy atom. The van der Waals surface area contributed by atoms with Crippen LogP contribution in [-0.4, -0.2) is 26.6 Å². The molecule has 146 valence electrons. The topological polar surface area (TPSA) is 119 Å². The molecule has 0 aliphatic rings. The fourth-order valence-electron chi connectivity index (χ4n) is 2.73. The van der Waals surface area contributed by atoms with Gasteiger partial charge in [-0.15, -0.1) is 11.3 Å². The summed E-state index contributed by atoms with van der Waals surface area (Å²) in [6.45, 7) is 0. The number of carbonyl (C=O) groups excluding carboxylic acids is 1. The molecule has 9 heteroatoms. The summed E-state index contributed by atoms with van der Waals surface area (Å²) in [5.41, 5.74) is 8.94. The largest absolute Gasteiger partial charge is 0.497 e. The molecule has 1 amide bonds. The van der Waals surface area contributed by atoms with E-state index in [0.717, 1.165) is 16.9 Å². The highest BCUT2D eigenvalue weighted by Gasteiger charge is 2.29. The molecule has 0 atom stereocenters. The lowest BCUT2D eigenvalue weighted by atomic mass is 10.0. The lowest BCUT2D eigenvalue weighted by Crippen LogP contribution is -2.19. The summed E-state index contributed by atoms with van der Waals surface area (Å²) < 4.78 is 31.1. The van der Waals surface area contributed by atoms with Crippen LogP contribution in [-0.2, 0) is 16.3 Å². The standard InChI is InChI=1S/C19H18N2O5S2/c1-26-13-7-9-14(10-8-13)28(24,25)19-16(20)15(17(27-19)18(22)21-23)11-12-5-3-2-4-6-12/h2-10,23H,11,20H2,1H3,(H,21,22).